The first kappa shape index (κ1) is 15.2. The van der Waals surface area contributed by atoms with E-state index in [0.29, 0.717) is 17.7 Å². The zero-order chi connectivity index (χ0) is 14.4. The molecule has 0 heterocycles. The zero-order valence-electron chi connectivity index (χ0n) is 11.4. The molecule has 104 valence electrons. The Morgan fingerprint density at radius 1 is 1.21 bits per heavy atom. The summed E-state index contributed by atoms with van der Waals surface area (Å²) in [5, 5.41) is 14.6. The lowest BCUT2D eigenvalue weighted by Gasteiger charge is -2.16. The Kier molecular flexibility index (Phi) is 5.51. The van der Waals surface area contributed by atoms with Gasteiger partial charge in [-0.3, -0.25) is 4.79 Å². The summed E-state index contributed by atoms with van der Waals surface area (Å²) >= 11 is 0. The van der Waals surface area contributed by atoms with Gasteiger partial charge in [-0.1, -0.05) is 0 Å². The van der Waals surface area contributed by atoms with Crippen molar-refractivity contribution in [3.05, 3.63) is 29.8 Å². The van der Waals surface area contributed by atoms with Crippen LogP contribution >= 0.6 is 0 Å². The molecule has 5 nitrogen and oxygen atoms in total. The first-order valence-corrected chi connectivity index (χ1v) is 6.25. The number of ketones is 1. The van der Waals surface area contributed by atoms with Crippen LogP contribution in [-0.4, -0.2) is 29.1 Å². The summed E-state index contributed by atoms with van der Waals surface area (Å²) in [7, 11) is 0. The number of amides is 2. The van der Waals surface area contributed by atoms with Gasteiger partial charge in [-0.15, -0.1) is 0 Å². The van der Waals surface area contributed by atoms with E-state index in [0.717, 1.165) is 0 Å². The van der Waals surface area contributed by atoms with Gasteiger partial charge in [0.05, 0.1) is 6.10 Å². The molecule has 0 radical (unpaired) electrons. The van der Waals surface area contributed by atoms with Crippen molar-refractivity contribution in [3.63, 3.8) is 0 Å². The third-order valence-corrected chi connectivity index (χ3v) is 2.62. The summed E-state index contributed by atoms with van der Waals surface area (Å²) in [6.07, 6.45) is 0.0432. The minimum Gasteiger partial charge on any atom is -0.393 e. The number of carbonyl (C=O) groups is 2. The van der Waals surface area contributed by atoms with Crippen molar-refractivity contribution in [2.24, 2.45) is 0 Å². The number of hydrogen-bond donors (Lipinski definition) is 3. The van der Waals surface area contributed by atoms with Crippen LogP contribution in [0.15, 0.2) is 24.3 Å². The molecule has 0 aliphatic carbocycles. The lowest BCUT2D eigenvalue weighted by atomic mass is 10.1. The molecule has 2 atom stereocenters. The first-order chi connectivity index (χ1) is 8.88. The number of carbonyl (C=O) groups excluding carboxylic acids is 2. The highest BCUT2D eigenvalue weighted by atomic mass is 16.3. The van der Waals surface area contributed by atoms with E-state index in [1.54, 1.807) is 31.2 Å². The maximum Gasteiger partial charge on any atom is 0.319 e. The maximum atomic E-state index is 11.7. The van der Waals surface area contributed by atoms with Crippen molar-refractivity contribution in [3.8, 4) is 0 Å². The Hall–Kier alpha value is -1.88. The number of rotatable bonds is 5. The second-order valence-corrected chi connectivity index (χ2v) is 4.72. The van der Waals surface area contributed by atoms with Crippen LogP contribution in [0.5, 0.6) is 0 Å². The molecule has 2 amide bonds. The monoisotopic (exact) mass is 264 g/mol. The highest BCUT2D eigenvalue weighted by molar-refractivity contribution is 5.95. The summed E-state index contributed by atoms with van der Waals surface area (Å²) in [6, 6.07) is 6.24. The summed E-state index contributed by atoms with van der Waals surface area (Å²) in [4.78, 5) is 22.8. The molecular weight excluding hydrogens is 244 g/mol. The van der Waals surface area contributed by atoms with Crippen LogP contribution in [0, 0.1) is 0 Å². The molecule has 0 spiro atoms. The quantitative estimate of drug-likeness (QED) is 0.713. The van der Waals surface area contributed by atoms with E-state index >= 15 is 0 Å². The average molecular weight is 264 g/mol. The molecule has 0 saturated heterocycles. The Labute approximate surface area is 113 Å². The van der Waals surface area contributed by atoms with Crippen molar-refractivity contribution < 1.29 is 14.7 Å². The number of aliphatic hydroxyl groups excluding tert-OH is 1. The van der Waals surface area contributed by atoms with E-state index in [1.165, 1.54) is 6.92 Å². The highest BCUT2D eigenvalue weighted by Gasteiger charge is 2.09. The van der Waals surface area contributed by atoms with E-state index in [-0.39, 0.29) is 17.9 Å². The van der Waals surface area contributed by atoms with Crippen LogP contribution in [0.25, 0.3) is 0 Å². The molecule has 2 unspecified atom stereocenters. The van der Waals surface area contributed by atoms with Crippen molar-refractivity contribution in [2.45, 2.75) is 39.3 Å². The fourth-order valence-electron chi connectivity index (χ4n) is 1.75. The third kappa shape index (κ3) is 5.52. The van der Waals surface area contributed by atoms with Crippen LogP contribution < -0.4 is 10.6 Å². The molecule has 0 aromatic heterocycles. The van der Waals surface area contributed by atoms with Gasteiger partial charge < -0.3 is 15.7 Å². The molecule has 0 aliphatic rings. The molecule has 0 aliphatic heterocycles. The van der Waals surface area contributed by atoms with Gasteiger partial charge in [0.1, 0.15) is 0 Å². The van der Waals surface area contributed by atoms with Crippen molar-refractivity contribution >= 4 is 17.5 Å². The Morgan fingerprint density at radius 3 is 2.26 bits per heavy atom. The fourth-order valence-corrected chi connectivity index (χ4v) is 1.75. The number of anilines is 1. The van der Waals surface area contributed by atoms with E-state index in [4.69, 9.17) is 0 Å². The van der Waals surface area contributed by atoms with Gasteiger partial charge in [0, 0.05) is 17.3 Å². The minimum atomic E-state index is -0.454. The number of Topliss-reactive ketones (excluding diaryl/α,β-unsaturated/α-hetero) is 1. The zero-order valence-corrected chi connectivity index (χ0v) is 11.4. The van der Waals surface area contributed by atoms with Gasteiger partial charge >= 0.3 is 6.03 Å². The fraction of sp³-hybridized carbons (Fsp3) is 0.429. The second-order valence-electron chi connectivity index (χ2n) is 4.72. The second kappa shape index (κ2) is 6.89. The average Bonchev–Trinajstić information content (AvgIpc) is 2.27. The van der Waals surface area contributed by atoms with Crippen molar-refractivity contribution in [2.75, 3.05) is 5.32 Å². The molecule has 0 saturated carbocycles. The predicted molar refractivity (Wildman–Crippen MR) is 74.4 cm³/mol. The summed E-state index contributed by atoms with van der Waals surface area (Å²) in [6.45, 7) is 4.99. The summed E-state index contributed by atoms with van der Waals surface area (Å²) in [5.41, 5.74) is 1.22. The third-order valence-electron chi connectivity index (χ3n) is 2.62. The number of benzene rings is 1. The Bertz CT molecular complexity index is 441. The summed E-state index contributed by atoms with van der Waals surface area (Å²) in [5.74, 6) is -0.0124. The smallest absolute Gasteiger partial charge is 0.319 e. The van der Waals surface area contributed by atoms with Crippen molar-refractivity contribution in [1.82, 2.24) is 5.32 Å². The van der Waals surface area contributed by atoms with E-state index in [9.17, 15) is 14.7 Å². The lowest BCUT2D eigenvalue weighted by Crippen LogP contribution is -2.37. The molecular formula is C14H20N2O3. The molecule has 1 rings (SSSR count). The SMILES string of the molecule is CC(=O)c1ccc(NC(=O)NC(C)CC(C)O)cc1. The van der Waals surface area contributed by atoms with Crippen LogP contribution in [0.2, 0.25) is 0 Å². The van der Waals surface area contributed by atoms with Gasteiger partial charge in [-0.2, -0.15) is 0 Å². The standard InChI is InChI=1S/C14H20N2O3/c1-9(8-10(2)17)15-14(19)16-13-6-4-12(5-7-13)11(3)18/h4-7,9-10,17H,8H2,1-3H3,(H2,15,16,19). The van der Waals surface area contributed by atoms with E-state index in [2.05, 4.69) is 10.6 Å². The van der Waals surface area contributed by atoms with Gasteiger partial charge in [0.15, 0.2) is 5.78 Å². The molecule has 5 heteroatoms. The largest absolute Gasteiger partial charge is 0.393 e. The predicted octanol–water partition coefficient (Wildman–Crippen LogP) is 2.17. The molecule has 3 N–H and O–H groups in total. The number of hydrogen-bond acceptors (Lipinski definition) is 3. The lowest BCUT2D eigenvalue weighted by molar-refractivity contribution is 0.101. The number of urea groups is 1. The molecule has 0 fully saturated rings. The van der Waals surface area contributed by atoms with E-state index < -0.39 is 6.10 Å². The van der Waals surface area contributed by atoms with Gasteiger partial charge in [-0.25, -0.2) is 4.79 Å². The van der Waals surface area contributed by atoms with Crippen molar-refractivity contribution in [1.29, 1.82) is 0 Å². The van der Waals surface area contributed by atoms with Crippen LogP contribution in [0.4, 0.5) is 10.5 Å². The highest BCUT2D eigenvalue weighted by Crippen LogP contribution is 2.10. The van der Waals surface area contributed by atoms with Crippen LogP contribution in [0.1, 0.15) is 37.6 Å². The van der Waals surface area contributed by atoms with Crippen LogP contribution in [0.3, 0.4) is 0 Å². The minimum absolute atomic E-state index is 0.0124. The molecule has 19 heavy (non-hydrogen) atoms. The Balaban J connectivity index is 2.50. The number of aliphatic hydroxyl groups is 1. The first-order valence-electron chi connectivity index (χ1n) is 6.25. The van der Waals surface area contributed by atoms with Gasteiger partial charge in [0.2, 0.25) is 0 Å². The van der Waals surface area contributed by atoms with Gasteiger partial charge in [-0.05, 0) is 51.5 Å². The maximum absolute atomic E-state index is 11.7. The number of nitrogens with one attached hydrogen (secondary N) is 2. The topological polar surface area (TPSA) is 78.4 Å². The van der Waals surface area contributed by atoms with E-state index in [1.807, 2.05) is 6.92 Å². The van der Waals surface area contributed by atoms with Crippen LogP contribution in [-0.2, 0) is 0 Å². The molecule has 1 aromatic rings. The molecule has 1 aromatic carbocycles. The normalized spacial score (nSPS) is 13.5. The summed E-state index contributed by atoms with van der Waals surface area (Å²) < 4.78 is 0. The Morgan fingerprint density at radius 2 is 1.79 bits per heavy atom. The molecule has 0 bridgehead atoms. The van der Waals surface area contributed by atoms with Gasteiger partial charge in [0.25, 0.3) is 0 Å².